The van der Waals surface area contributed by atoms with Gasteiger partial charge in [-0.3, -0.25) is 29.0 Å². The Morgan fingerprint density at radius 1 is 0.712 bits per heavy atom. The number of imide groups is 2. The summed E-state index contributed by atoms with van der Waals surface area (Å²) in [5, 5.41) is -0.378. The maximum atomic E-state index is 12.6. The van der Waals surface area contributed by atoms with Gasteiger partial charge in [0.1, 0.15) is 4.75 Å². The van der Waals surface area contributed by atoms with Gasteiger partial charge in [-0.1, -0.05) is 147 Å². The second-order valence-electron chi connectivity index (χ2n) is 11.5. The largest absolute Gasteiger partial charge is 0.293 e. The summed E-state index contributed by atoms with van der Waals surface area (Å²) in [6.07, 6.45) is 11.7. The lowest BCUT2D eigenvalue weighted by Crippen LogP contribution is -2.47. The molecule has 2 aliphatic carbocycles. The Hall–Kier alpha value is -1.69. The first-order valence-electron chi connectivity index (χ1n) is 16.2. The van der Waals surface area contributed by atoms with Crippen LogP contribution >= 0.6 is 84.7 Å². The Morgan fingerprint density at radius 2 is 1.17 bits per heavy atom. The fraction of sp³-hybridized carbons (Fsp3) is 0.366. The molecule has 2 aliphatic heterocycles. The molecule has 2 aromatic rings. The van der Waals surface area contributed by atoms with Crippen LogP contribution in [-0.4, -0.2) is 50.9 Å². The number of rotatable bonds is 5. The van der Waals surface area contributed by atoms with Crippen LogP contribution in [0.3, 0.4) is 0 Å². The SMILES string of the molecule is C.C.CC.CC.CN1C(=O)S/C(=C\C2=CC=C(c3ccccc3)C2)C1=O.CN1C(=O)SC(C)(C(C)(C)C2=CC=C(c3ccccc3)C2)C1=O.I.II. The van der Waals surface area contributed by atoms with E-state index in [1.807, 2.05) is 83.2 Å². The van der Waals surface area contributed by atoms with Crippen LogP contribution in [0.1, 0.15) is 87.3 Å². The maximum Gasteiger partial charge on any atom is 0.293 e. The van der Waals surface area contributed by atoms with Gasteiger partial charge >= 0.3 is 0 Å². The molecule has 0 aromatic heterocycles. The first-order valence-corrected chi connectivity index (χ1v) is 24.1. The number of allylic oxidation sites excluding steroid dienone is 9. The van der Waals surface area contributed by atoms with E-state index in [4.69, 9.17) is 0 Å². The first-order chi connectivity index (χ1) is 23.4. The number of carbonyl (C=O) groups excluding carboxylic acids is 4. The zero-order valence-electron chi connectivity index (χ0n) is 30.1. The lowest BCUT2D eigenvalue weighted by Gasteiger charge is -2.39. The molecule has 0 spiro atoms. The smallest absolute Gasteiger partial charge is 0.275 e. The fourth-order valence-electron chi connectivity index (χ4n) is 5.40. The van der Waals surface area contributed by atoms with E-state index in [0.29, 0.717) is 4.91 Å². The molecule has 6 nitrogen and oxygen atoms in total. The molecule has 0 N–H and O–H groups in total. The molecule has 2 aromatic carbocycles. The van der Waals surface area contributed by atoms with Crippen molar-refractivity contribution < 1.29 is 19.2 Å². The van der Waals surface area contributed by atoms with Crippen LogP contribution in [0.5, 0.6) is 0 Å². The lowest BCUT2D eigenvalue weighted by molar-refractivity contribution is -0.130. The third-order valence-electron chi connectivity index (χ3n) is 8.63. The molecule has 6 rings (SSSR count). The molecule has 286 valence electrons. The van der Waals surface area contributed by atoms with Crippen LogP contribution in [-0.2, 0) is 9.59 Å². The predicted molar refractivity (Wildman–Crippen MR) is 256 cm³/mol. The third-order valence-corrected chi connectivity index (χ3v) is 11.1. The van der Waals surface area contributed by atoms with E-state index in [9.17, 15) is 19.2 Å². The summed E-state index contributed by atoms with van der Waals surface area (Å²) in [6, 6.07) is 20.4. The van der Waals surface area contributed by atoms with Gasteiger partial charge in [-0.25, -0.2) is 0 Å². The van der Waals surface area contributed by atoms with Crippen LogP contribution in [0.25, 0.3) is 11.1 Å². The van der Waals surface area contributed by atoms with Gasteiger partial charge in [-0.05, 0) is 77.2 Å². The van der Waals surface area contributed by atoms with Crippen molar-refractivity contribution in [2.45, 2.75) is 80.9 Å². The summed E-state index contributed by atoms with van der Waals surface area (Å²) >= 11 is 6.39. The summed E-state index contributed by atoms with van der Waals surface area (Å²) in [4.78, 5) is 50.8. The molecule has 2 heterocycles. The number of likely N-dealkylation sites (N-methyl/N-ethyl adjacent to an activating group) is 1. The summed E-state index contributed by atoms with van der Waals surface area (Å²) < 4.78 is -0.759. The van der Waals surface area contributed by atoms with Gasteiger partial charge in [0.2, 0.25) is 5.91 Å². The second-order valence-corrected chi connectivity index (χ2v) is 13.9. The third kappa shape index (κ3) is 12.2. The summed E-state index contributed by atoms with van der Waals surface area (Å²) in [7, 11) is 3.07. The minimum Gasteiger partial charge on any atom is -0.275 e. The zero-order valence-corrected chi connectivity index (χ0v) is 38.4. The lowest BCUT2D eigenvalue weighted by atomic mass is 9.71. The quantitative estimate of drug-likeness (QED) is 0.219. The van der Waals surface area contributed by atoms with Gasteiger partial charge in [0.05, 0.1) is 4.91 Å². The van der Waals surface area contributed by atoms with Gasteiger partial charge in [0, 0.05) is 56.7 Å². The van der Waals surface area contributed by atoms with Crippen molar-refractivity contribution in [3.63, 3.8) is 0 Å². The van der Waals surface area contributed by atoms with Crippen molar-refractivity contribution in [3.8, 4) is 0 Å². The van der Waals surface area contributed by atoms with Gasteiger partial charge in [0.15, 0.2) is 0 Å². The van der Waals surface area contributed by atoms with Crippen molar-refractivity contribution in [2.75, 3.05) is 14.1 Å². The topological polar surface area (TPSA) is 74.8 Å². The highest BCUT2D eigenvalue weighted by atomic mass is 128. The molecular formula is C41H55I3N2O4S2. The van der Waals surface area contributed by atoms with E-state index >= 15 is 0 Å². The average Bonchev–Trinajstić information content (AvgIpc) is 3.92. The van der Waals surface area contributed by atoms with E-state index in [0.717, 1.165) is 46.8 Å². The highest BCUT2D eigenvalue weighted by Crippen LogP contribution is 2.54. The van der Waals surface area contributed by atoms with E-state index in [-0.39, 0.29) is 61.1 Å². The van der Waals surface area contributed by atoms with Crippen LogP contribution < -0.4 is 0 Å². The standard InChI is InChI=1S/C19H21NO2S.C16H13NO2S.2C2H6.2CH4.I2.HI/c1-18(2,19(3)16(21)20(4)17(22)23-19)15-11-10-14(12-15)13-8-6-5-7-9-13;1-17-15(18)14(20-16(17)19)10-11-7-8-13(9-11)12-5-3-2-4-6-12;2*1-2;;;1-2;/h5-11H,12H2,1-4H3;2-8,10H,9H2,1H3;2*1-2H3;2*1H4;;1H/b;14-10-;;;;;;. The molecule has 0 radical (unpaired) electrons. The van der Waals surface area contributed by atoms with Gasteiger partial charge in [-0.15, -0.1) is 24.0 Å². The van der Waals surface area contributed by atoms with Gasteiger partial charge in [0.25, 0.3) is 16.4 Å². The van der Waals surface area contributed by atoms with E-state index in [1.54, 1.807) is 7.05 Å². The number of thioether (sulfide) groups is 2. The summed E-state index contributed by atoms with van der Waals surface area (Å²) in [5.74, 6) is -0.319. The van der Waals surface area contributed by atoms with E-state index in [1.165, 1.54) is 39.8 Å². The molecule has 2 saturated heterocycles. The number of halogens is 3. The van der Waals surface area contributed by atoms with Crippen molar-refractivity contribution in [3.05, 3.63) is 118 Å². The predicted octanol–water partition coefficient (Wildman–Crippen LogP) is 13.8. The fourth-order valence-corrected chi connectivity index (χ4v) is 7.43. The minimum absolute atomic E-state index is 0. The molecule has 52 heavy (non-hydrogen) atoms. The summed E-state index contributed by atoms with van der Waals surface area (Å²) in [6.45, 7) is 14.0. The molecule has 4 aliphatic rings. The molecule has 0 bridgehead atoms. The highest BCUT2D eigenvalue weighted by molar-refractivity contribution is 15.0. The molecule has 0 saturated carbocycles. The first kappa shape index (κ1) is 52.4. The highest BCUT2D eigenvalue weighted by Gasteiger charge is 2.58. The number of hydrogen-bond acceptors (Lipinski definition) is 6. The van der Waals surface area contributed by atoms with Gasteiger partial charge < -0.3 is 0 Å². The number of nitrogens with zero attached hydrogens (tertiary/aromatic N) is 2. The van der Waals surface area contributed by atoms with Crippen molar-refractivity contribution in [1.82, 2.24) is 9.80 Å². The monoisotopic (exact) mass is 1080 g/mol. The number of carbonyl (C=O) groups is 4. The van der Waals surface area contributed by atoms with Crippen molar-refractivity contribution >= 4 is 118 Å². The molecule has 4 amide bonds. The van der Waals surface area contributed by atoms with Crippen LogP contribution in [0.4, 0.5) is 9.59 Å². The number of benzene rings is 2. The molecule has 2 fully saturated rings. The number of amides is 4. The Morgan fingerprint density at radius 3 is 1.60 bits per heavy atom. The van der Waals surface area contributed by atoms with Crippen LogP contribution in [0.15, 0.2) is 107 Å². The second kappa shape index (κ2) is 24.7. The van der Waals surface area contributed by atoms with E-state index in [2.05, 4.69) is 93.6 Å². The molecule has 1 unspecified atom stereocenters. The van der Waals surface area contributed by atoms with Crippen molar-refractivity contribution in [2.24, 2.45) is 5.41 Å². The van der Waals surface area contributed by atoms with E-state index < -0.39 is 10.2 Å². The normalized spacial score (nSPS) is 19.3. The molecular weight excluding hydrogens is 1030 g/mol. The molecule has 11 heteroatoms. The maximum absolute atomic E-state index is 12.6. The Bertz CT molecular complexity index is 1670. The van der Waals surface area contributed by atoms with Crippen molar-refractivity contribution in [1.29, 1.82) is 0 Å². The number of hydrogen-bond donors (Lipinski definition) is 0. The van der Waals surface area contributed by atoms with Gasteiger partial charge in [-0.2, -0.15) is 0 Å². The van der Waals surface area contributed by atoms with Crippen LogP contribution in [0, 0.1) is 5.41 Å². The van der Waals surface area contributed by atoms with Crippen LogP contribution in [0.2, 0.25) is 0 Å². The Balaban J connectivity index is 0. The Labute approximate surface area is 362 Å². The minimum atomic E-state index is -0.759. The average molecular weight is 1080 g/mol. The molecule has 1 atom stereocenters. The zero-order chi connectivity index (χ0) is 36.9. The Kier molecular flexibility index (Phi) is 24.9. The summed E-state index contributed by atoms with van der Waals surface area (Å²) in [5.41, 5.74) is 6.74.